The first-order valence-electron chi connectivity index (χ1n) is 13.3. The van der Waals surface area contributed by atoms with Crippen molar-refractivity contribution in [2.24, 2.45) is 16.6 Å². The molecule has 41 heavy (non-hydrogen) atoms. The monoisotopic (exact) mass is 563 g/mol. The summed E-state index contributed by atoms with van der Waals surface area (Å²) in [5, 5.41) is 12.9. The highest BCUT2D eigenvalue weighted by Gasteiger charge is 2.23. The summed E-state index contributed by atoms with van der Waals surface area (Å²) in [7, 11) is 1.59. The van der Waals surface area contributed by atoms with E-state index >= 15 is 0 Å². The molecule has 0 saturated heterocycles. The molecule has 12 nitrogen and oxygen atoms in total. The Labute approximate surface area is 237 Å². The molecule has 7 N–H and O–H groups in total. The number of fused-ring (bicyclic) bond motifs is 3. The summed E-state index contributed by atoms with van der Waals surface area (Å²) in [6, 6.07) is 9.86. The molecule has 0 spiro atoms. The third-order valence-corrected chi connectivity index (χ3v) is 6.98. The number of amides is 1. The van der Waals surface area contributed by atoms with Crippen LogP contribution < -0.4 is 43.0 Å². The van der Waals surface area contributed by atoms with Crippen molar-refractivity contribution in [2.45, 2.75) is 47.2 Å². The van der Waals surface area contributed by atoms with Crippen LogP contribution in [0.4, 0.5) is 5.69 Å². The normalized spacial score (nSPS) is 13.2. The van der Waals surface area contributed by atoms with Gasteiger partial charge >= 0.3 is 5.69 Å². The molecule has 1 amide bonds. The van der Waals surface area contributed by atoms with Gasteiger partial charge in [-0.05, 0) is 62.9 Å². The Hall–Kier alpha value is -4.71. The van der Waals surface area contributed by atoms with Crippen molar-refractivity contribution in [3.63, 3.8) is 0 Å². The number of carbonyl (C=O) groups is 1. The van der Waals surface area contributed by atoms with Gasteiger partial charge in [-0.25, -0.2) is 9.79 Å². The van der Waals surface area contributed by atoms with E-state index in [0.717, 1.165) is 33.5 Å². The van der Waals surface area contributed by atoms with Gasteiger partial charge in [-0.15, -0.1) is 0 Å². The number of nitrogens with two attached hydrogens (primary N) is 2. The van der Waals surface area contributed by atoms with Crippen LogP contribution >= 0.6 is 0 Å². The second-order valence-corrected chi connectivity index (χ2v) is 9.83. The number of aliphatic hydroxyl groups is 1. The van der Waals surface area contributed by atoms with Gasteiger partial charge in [0.2, 0.25) is 5.88 Å². The molecule has 1 aromatic heterocycles. The SMILES string of the molecule is CCOc1cc2c(cc1OC)-c1cc(=Nc3c(C)cc(C)cc3C)n(CCNC(O)=C(NN)C(N)=O)c(=O)n1CC2. The number of ether oxygens (including phenoxy) is 2. The van der Waals surface area contributed by atoms with Crippen molar-refractivity contribution in [1.82, 2.24) is 19.9 Å². The van der Waals surface area contributed by atoms with Crippen LogP contribution in [0.5, 0.6) is 11.5 Å². The van der Waals surface area contributed by atoms with Crippen molar-refractivity contribution in [1.29, 1.82) is 0 Å². The molecule has 0 bridgehead atoms. The van der Waals surface area contributed by atoms with Crippen LogP contribution in [0.3, 0.4) is 0 Å². The summed E-state index contributed by atoms with van der Waals surface area (Å²) in [5.74, 6) is 5.09. The van der Waals surface area contributed by atoms with Gasteiger partial charge in [0.15, 0.2) is 17.2 Å². The van der Waals surface area contributed by atoms with E-state index < -0.39 is 11.8 Å². The predicted molar refractivity (Wildman–Crippen MR) is 156 cm³/mol. The fourth-order valence-corrected chi connectivity index (χ4v) is 5.17. The maximum absolute atomic E-state index is 14.0. The summed E-state index contributed by atoms with van der Waals surface area (Å²) in [6.45, 7) is 9.09. The molecule has 12 heteroatoms. The first-order chi connectivity index (χ1) is 19.6. The summed E-state index contributed by atoms with van der Waals surface area (Å²) >= 11 is 0. The second-order valence-electron chi connectivity index (χ2n) is 9.83. The number of primary amides is 1. The fourth-order valence-electron chi connectivity index (χ4n) is 5.17. The minimum absolute atomic E-state index is 0.0834. The highest BCUT2D eigenvalue weighted by Crippen LogP contribution is 2.37. The first-order valence-corrected chi connectivity index (χ1v) is 13.3. The Morgan fingerprint density at radius 3 is 2.44 bits per heavy atom. The average Bonchev–Trinajstić information content (AvgIpc) is 2.92. The van der Waals surface area contributed by atoms with Crippen LogP contribution in [-0.2, 0) is 24.3 Å². The zero-order valence-electron chi connectivity index (χ0n) is 24.0. The molecule has 218 valence electrons. The van der Waals surface area contributed by atoms with E-state index in [2.05, 4.69) is 10.7 Å². The lowest BCUT2D eigenvalue weighted by Crippen LogP contribution is -2.44. The van der Waals surface area contributed by atoms with Crippen LogP contribution in [0.2, 0.25) is 0 Å². The Kier molecular flexibility index (Phi) is 8.72. The zero-order valence-corrected chi connectivity index (χ0v) is 24.0. The van der Waals surface area contributed by atoms with Gasteiger partial charge < -0.3 is 31.1 Å². The molecule has 2 aromatic carbocycles. The maximum atomic E-state index is 14.0. The molecule has 0 aliphatic carbocycles. The molecule has 1 aliphatic heterocycles. The van der Waals surface area contributed by atoms with Gasteiger partial charge in [0.05, 0.1) is 25.1 Å². The zero-order chi connectivity index (χ0) is 29.8. The van der Waals surface area contributed by atoms with Crippen LogP contribution in [0.15, 0.2) is 51.7 Å². The topological polar surface area (TPSA) is 171 Å². The number of benzene rings is 2. The third-order valence-electron chi connectivity index (χ3n) is 6.98. The van der Waals surface area contributed by atoms with Crippen LogP contribution in [0.1, 0.15) is 29.2 Å². The summed E-state index contributed by atoms with van der Waals surface area (Å²) in [5.41, 5.74) is 13.6. The molecule has 0 atom stereocenters. The number of methoxy groups -OCH3 is 1. The maximum Gasteiger partial charge on any atom is 0.330 e. The van der Waals surface area contributed by atoms with E-state index in [0.29, 0.717) is 42.3 Å². The van der Waals surface area contributed by atoms with E-state index in [1.807, 2.05) is 58.0 Å². The third kappa shape index (κ3) is 5.92. The van der Waals surface area contributed by atoms with E-state index in [-0.39, 0.29) is 24.5 Å². The van der Waals surface area contributed by atoms with Crippen molar-refractivity contribution >= 4 is 11.6 Å². The Morgan fingerprint density at radius 2 is 1.83 bits per heavy atom. The minimum atomic E-state index is -0.929. The highest BCUT2D eigenvalue weighted by atomic mass is 16.5. The number of aliphatic hydroxyl groups excluding tert-OH is 1. The lowest BCUT2D eigenvalue weighted by Gasteiger charge is -2.25. The molecule has 3 aromatic rings. The lowest BCUT2D eigenvalue weighted by atomic mass is 9.97. The molecule has 1 aliphatic rings. The van der Waals surface area contributed by atoms with Gasteiger partial charge in [-0.1, -0.05) is 17.7 Å². The number of hydrogen-bond donors (Lipinski definition) is 5. The highest BCUT2D eigenvalue weighted by molar-refractivity contribution is 5.91. The molecule has 4 rings (SSSR count). The summed E-state index contributed by atoms with van der Waals surface area (Å²) in [4.78, 5) is 30.4. The largest absolute Gasteiger partial charge is 0.493 e. The summed E-state index contributed by atoms with van der Waals surface area (Å²) in [6.07, 6.45) is 0.630. The molecule has 2 heterocycles. The number of carbonyl (C=O) groups excluding carboxylic acids is 1. The number of nitrogens with zero attached hydrogens (tertiary/aromatic N) is 3. The van der Waals surface area contributed by atoms with Gasteiger partial charge in [-0.3, -0.25) is 19.8 Å². The van der Waals surface area contributed by atoms with Crippen molar-refractivity contribution in [3.8, 4) is 22.8 Å². The molecule has 0 unspecified atom stereocenters. The van der Waals surface area contributed by atoms with Crippen molar-refractivity contribution < 1.29 is 19.4 Å². The smallest absolute Gasteiger partial charge is 0.330 e. The molecule has 0 fully saturated rings. The van der Waals surface area contributed by atoms with Gasteiger partial charge in [-0.2, -0.15) is 0 Å². The quantitative estimate of drug-likeness (QED) is 0.107. The molecular formula is C29H37N7O5. The Bertz CT molecular complexity index is 1630. The number of nitrogens with one attached hydrogen (secondary N) is 2. The van der Waals surface area contributed by atoms with E-state index in [4.69, 9.17) is 26.0 Å². The first kappa shape index (κ1) is 29.3. The minimum Gasteiger partial charge on any atom is -0.493 e. The van der Waals surface area contributed by atoms with E-state index in [1.54, 1.807) is 16.2 Å². The second kappa shape index (κ2) is 12.2. The number of aromatic nitrogens is 2. The van der Waals surface area contributed by atoms with Crippen LogP contribution in [-0.4, -0.2) is 40.4 Å². The van der Waals surface area contributed by atoms with Gasteiger partial charge in [0.1, 0.15) is 5.49 Å². The Morgan fingerprint density at radius 1 is 1.12 bits per heavy atom. The van der Waals surface area contributed by atoms with Crippen molar-refractivity contribution in [3.05, 3.63) is 80.1 Å². The number of hydrogen-bond acceptors (Lipinski definition) is 9. The standard InChI is InChI=1S/C29H37N7O5/c1-6-41-23-13-19-7-9-35-21(20(19)14-22(23)40-5)15-24(33-25-17(3)11-16(2)12-18(25)4)36(29(35)39)10-8-32-28(38)26(34-31)27(30)37/h11-15,32,34,38H,6-10,31H2,1-5H3,(H2,30,37). The predicted octanol–water partition coefficient (Wildman–Crippen LogP) is 1.70. The Balaban J connectivity index is 1.90. The molecule has 0 radical (unpaired) electrons. The van der Waals surface area contributed by atoms with Crippen molar-refractivity contribution in [2.75, 3.05) is 20.3 Å². The van der Waals surface area contributed by atoms with E-state index in [9.17, 15) is 14.7 Å². The molecular weight excluding hydrogens is 526 g/mol. The average molecular weight is 564 g/mol. The number of rotatable bonds is 10. The number of hydrazine groups is 1. The number of aryl methyl sites for hydroxylation is 4. The lowest BCUT2D eigenvalue weighted by molar-refractivity contribution is -0.115. The van der Waals surface area contributed by atoms with Gasteiger partial charge in [0.25, 0.3) is 5.91 Å². The summed E-state index contributed by atoms with van der Waals surface area (Å²) < 4.78 is 14.6. The van der Waals surface area contributed by atoms with Crippen LogP contribution in [0.25, 0.3) is 11.3 Å². The van der Waals surface area contributed by atoms with E-state index in [1.165, 1.54) is 0 Å². The van der Waals surface area contributed by atoms with Crippen LogP contribution in [0, 0.1) is 20.8 Å². The fraction of sp³-hybridized carbons (Fsp3) is 0.345. The van der Waals surface area contributed by atoms with Gasteiger partial charge in [0, 0.05) is 31.3 Å². The molecule has 0 saturated carbocycles.